The van der Waals surface area contributed by atoms with Gasteiger partial charge in [0.2, 0.25) is 5.75 Å². The number of carbonyl (C=O) groups is 1. The van der Waals surface area contributed by atoms with Gasteiger partial charge in [-0.05, 0) is 23.8 Å². The highest BCUT2D eigenvalue weighted by Crippen LogP contribution is 2.38. The van der Waals surface area contributed by atoms with Gasteiger partial charge in [-0.1, -0.05) is 29.8 Å². The van der Waals surface area contributed by atoms with Gasteiger partial charge in [0.1, 0.15) is 0 Å². The van der Waals surface area contributed by atoms with E-state index in [1.54, 1.807) is 18.2 Å². The van der Waals surface area contributed by atoms with Gasteiger partial charge in [0.05, 0.1) is 21.3 Å². The molecule has 0 aromatic heterocycles. The first-order valence-corrected chi connectivity index (χ1v) is 7.30. The van der Waals surface area contributed by atoms with Crippen LogP contribution in [0.4, 0.5) is 0 Å². The molecule has 122 valence electrons. The molecule has 0 aliphatic heterocycles. The molecule has 0 saturated heterocycles. The van der Waals surface area contributed by atoms with Gasteiger partial charge < -0.3 is 19.5 Å². The number of carbonyl (C=O) groups excluding carboxylic acids is 1. The Kier molecular flexibility index (Phi) is 5.71. The van der Waals surface area contributed by atoms with E-state index in [1.807, 2.05) is 18.2 Å². The fourth-order valence-electron chi connectivity index (χ4n) is 2.13. The van der Waals surface area contributed by atoms with Crippen LogP contribution in [0, 0.1) is 0 Å². The first-order valence-electron chi connectivity index (χ1n) is 6.92. The molecule has 1 N–H and O–H groups in total. The van der Waals surface area contributed by atoms with E-state index < -0.39 is 0 Å². The monoisotopic (exact) mass is 335 g/mol. The summed E-state index contributed by atoms with van der Waals surface area (Å²) in [4.78, 5) is 12.4. The molecule has 2 rings (SSSR count). The third-order valence-corrected chi connectivity index (χ3v) is 3.69. The molecule has 0 unspecified atom stereocenters. The Balaban J connectivity index is 2.20. The van der Waals surface area contributed by atoms with Crippen LogP contribution in [0.3, 0.4) is 0 Å². The number of hydrogen-bond donors (Lipinski definition) is 1. The van der Waals surface area contributed by atoms with E-state index in [4.69, 9.17) is 25.8 Å². The first-order chi connectivity index (χ1) is 11.1. The number of rotatable bonds is 6. The molecule has 0 radical (unpaired) electrons. The Hall–Kier alpha value is -2.40. The molecule has 0 fully saturated rings. The van der Waals surface area contributed by atoms with Crippen molar-refractivity contribution >= 4 is 17.5 Å². The van der Waals surface area contributed by atoms with Gasteiger partial charge >= 0.3 is 0 Å². The number of halogens is 1. The molecule has 0 heterocycles. The Morgan fingerprint density at radius 3 is 2.17 bits per heavy atom. The van der Waals surface area contributed by atoms with Crippen LogP contribution in [0.2, 0.25) is 5.02 Å². The molecule has 0 atom stereocenters. The zero-order valence-corrected chi connectivity index (χ0v) is 13.9. The molecule has 0 bridgehead atoms. The van der Waals surface area contributed by atoms with Crippen molar-refractivity contribution in [2.45, 2.75) is 6.54 Å². The van der Waals surface area contributed by atoms with Crippen LogP contribution in [0.5, 0.6) is 17.2 Å². The lowest BCUT2D eigenvalue weighted by Gasteiger charge is -2.14. The zero-order valence-electron chi connectivity index (χ0n) is 13.2. The van der Waals surface area contributed by atoms with Crippen molar-refractivity contribution in [3.63, 3.8) is 0 Å². The summed E-state index contributed by atoms with van der Waals surface area (Å²) in [6, 6.07) is 10.5. The minimum Gasteiger partial charge on any atom is -0.493 e. The predicted octanol–water partition coefficient (Wildman–Crippen LogP) is 3.30. The van der Waals surface area contributed by atoms with Gasteiger partial charge in [0.15, 0.2) is 11.5 Å². The SMILES string of the molecule is COc1cc(C(=O)NCc2ccccc2Cl)cc(OC)c1OC. The van der Waals surface area contributed by atoms with Crippen LogP contribution in [0.1, 0.15) is 15.9 Å². The average Bonchev–Trinajstić information content (AvgIpc) is 2.59. The van der Waals surface area contributed by atoms with E-state index in [9.17, 15) is 4.79 Å². The molecule has 5 nitrogen and oxygen atoms in total. The molecular formula is C17H18ClNO4. The Morgan fingerprint density at radius 2 is 1.65 bits per heavy atom. The predicted molar refractivity (Wildman–Crippen MR) is 88.7 cm³/mol. The van der Waals surface area contributed by atoms with E-state index in [1.165, 1.54) is 21.3 Å². The van der Waals surface area contributed by atoms with E-state index >= 15 is 0 Å². The second-order valence-corrected chi connectivity index (χ2v) is 5.10. The van der Waals surface area contributed by atoms with E-state index in [-0.39, 0.29) is 5.91 Å². The molecule has 2 aromatic rings. The Bertz CT molecular complexity index is 678. The lowest BCUT2D eigenvalue weighted by Crippen LogP contribution is -2.23. The fraction of sp³-hybridized carbons (Fsp3) is 0.235. The van der Waals surface area contributed by atoms with Crippen LogP contribution in [-0.4, -0.2) is 27.2 Å². The Labute approximate surface area is 140 Å². The van der Waals surface area contributed by atoms with Crippen molar-refractivity contribution in [2.24, 2.45) is 0 Å². The molecule has 1 amide bonds. The highest BCUT2D eigenvalue weighted by molar-refractivity contribution is 6.31. The third kappa shape index (κ3) is 3.87. The molecule has 2 aromatic carbocycles. The molecule has 23 heavy (non-hydrogen) atoms. The summed E-state index contributed by atoms with van der Waals surface area (Å²) >= 11 is 6.08. The topological polar surface area (TPSA) is 56.8 Å². The standard InChI is InChI=1S/C17H18ClNO4/c1-21-14-8-12(9-15(22-2)16(14)23-3)17(20)19-10-11-6-4-5-7-13(11)18/h4-9H,10H2,1-3H3,(H,19,20). The molecule has 6 heteroatoms. The minimum absolute atomic E-state index is 0.260. The number of amides is 1. The van der Waals surface area contributed by atoms with Crippen molar-refractivity contribution in [1.29, 1.82) is 0 Å². The number of methoxy groups -OCH3 is 3. The van der Waals surface area contributed by atoms with Crippen LogP contribution >= 0.6 is 11.6 Å². The summed E-state index contributed by atoms with van der Waals surface area (Å²) in [5, 5.41) is 3.43. The maximum Gasteiger partial charge on any atom is 0.251 e. The van der Waals surface area contributed by atoms with E-state index in [0.717, 1.165) is 5.56 Å². The molecule has 0 saturated carbocycles. The normalized spacial score (nSPS) is 10.1. The molecule has 0 spiro atoms. The van der Waals surface area contributed by atoms with Crippen molar-refractivity contribution < 1.29 is 19.0 Å². The summed E-state index contributed by atoms with van der Waals surface area (Å²) in [6.45, 7) is 0.329. The smallest absolute Gasteiger partial charge is 0.251 e. The van der Waals surface area contributed by atoms with Crippen LogP contribution in [0.25, 0.3) is 0 Å². The quantitative estimate of drug-likeness (QED) is 0.880. The lowest BCUT2D eigenvalue weighted by molar-refractivity contribution is 0.0950. The van der Waals surface area contributed by atoms with Crippen molar-refractivity contribution in [3.05, 3.63) is 52.5 Å². The van der Waals surface area contributed by atoms with Crippen LogP contribution in [-0.2, 0) is 6.54 Å². The molecule has 0 aliphatic carbocycles. The van der Waals surface area contributed by atoms with E-state index in [2.05, 4.69) is 5.32 Å². The second-order valence-electron chi connectivity index (χ2n) is 4.69. The van der Waals surface area contributed by atoms with Gasteiger partial charge in [0, 0.05) is 17.1 Å². The van der Waals surface area contributed by atoms with Gasteiger partial charge in [0.25, 0.3) is 5.91 Å². The summed E-state index contributed by atoms with van der Waals surface area (Å²) in [7, 11) is 4.52. The van der Waals surface area contributed by atoms with Crippen molar-refractivity contribution in [2.75, 3.05) is 21.3 Å². The first kappa shape index (κ1) is 17.0. The van der Waals surface area contributed by atoms with Gasteiger partial charge in [-0.2, -0.15) is 0 Å². The summed E-state index contributed by atoms with van der Waals surface area (Å²) in [5.74, 6) is 1.03. The van der Waals surface area contributed by atoms with Crippen LogP contribution < -0.4 is 19.5 Å². The number of ether oxygens (including phenoxy) is 3. The minimum atomic E-state index is -0.260. The maximum absolute atomic E-state index is 12.4. The lowest BCUT2D eigenvalue weighted by atomic mass is 10.1. The van der Waals surface area contributed by atoms with Gasteiger partial charge in [-0.15, -0.1) is 0 Å². The molecular weight excluding hydrogens is 318 g/mol. The number of nitrogens with one attached hydrogen (secondary N) is 1. The summed E-state index contributed by atoms with van der Waals surface area (Å²) in [6.07, 6.45) is 0. The van der Waals surface area contributed by atoms with Crippen molar-refractivity contribution in [3.8, 4) is 17.2 Å². The fourth-order valence-corrected chi connectivity index (χ4v) is 2.33. The summed E-state index contributed by atoms with van der Waals surface area (Å²) in [5.41, 5.74) is 1.25. The maximum atomic E-state index is 12.4. The highest BCUT2D eigenvalue weighted by Gasteiger charge is 2.17. The van der Waals surface area contributed by atoms with E-state index in [0.29, 0.717) is 34.4 Å². The van der Waals surface area contributed by atoms with Gasteiger partial charge in [-0.3, -0.25) is 4.79 Å². The van der Waals surface area contributed by atoms with Crippen LogP contribution in [0.15, 0.2) is 36.4 Å². The highest BCUT2D eigenvalue weighted by atomic mass is 35.5. The molecule has 0 aliphatic rings. The number of benzene rings is 2. The van der Waals surface area contributed by atoms with Gasteiger partial charge in [-0.25, -0.2) is 0 Å². The average molecular weight is 336 g/mol. The largest absolute Gasteiger partial charge is 0.493 e. The number of hydrogen-bond acceptors (Lipinski definition) is 4. The van der Waals surface area contributed by atoms with Crippen molar-refractivity contribution in [1.82, 2.24) is 5.32 Å². The summed E-state index contributed by atoms with van der Waals surface area (Å²) < 4.78 is 15.7. The third-order valence-electron chi connectivity index (χ3n) is 3.32. The zero-order chi connectivity index (χ0) is 16.8. The Morgan fingerprint density at radius 1 is 1.04 bits per heavy atom. The second kappa shape index (κ2) is 7.74.